The summed E-state index contributed by atoms with van der Waals surface area (Å²) < 4.78 is 5.49. The Bertz CT molecular complexity index is 129. The number of epoxide rings is 1. The van der Waals surface area contributed by atoms with Crippen molar-refractivity contribution < 1.29 is 4.74 Å². The molecule has 1 heteroatoms. The van der Waals surface area contributed by atoms with Crippen LogP contribution in [0.5, 0.6) is 0 Å². The van der Waals surface area contributed by atoms with Crippen molar-refractivity contribution >= 4 is 0 Å². The summed E-state index contributed by atoms with van der Waals surface area (Å²) >= 11 is 0. The summed E-state index contributed by atoms with van der Waals surface area (Å²) in [7, 11) is 0. The van der Waals surface area contributed by atoms with E-state index in [2.05, 4.69) is 13.8 Å². The Balaban J connectivity index is 2.09. The molecule has 1 saturated heterocycles. The highest BCUT2D eigenvalue weighted by Gasteiger charge is 2.51. The molecule has 9 heavy (non-hydrogen) atoms. The Hall–Kier alpha value is -0.0400. The van der Waals surface area contributed by atoms with Crippen LogP contribution in [0.4, 0.5) is 0 Å². The first-order valence-electron chi connectivity index (χ1n) is 3.86. The zero-order valence-corrected chi connectivity index (χ0v) is 6.18. The second kappa shape index (κ2) is 1.51. The van der Waals surface area contributed by atoms with Crippen molar-refractivity contribution in [2.45, 2.75) is 45.3 Å². The molecule has 0 aromatic heterocycles. The van der Waals surface area contributed by atoms with Gasteiger partial charge in [-0.25, -0.2) is 0 Å². The van der Waals surface area contributed by atoms with Crippen LogP contribution in [0.15, 0.2) is 0 Å². The van der Waals surface area contributed by atoms with Gasteiger partial charge in [0, 0.05) is 0 Å². The van der Waals surface area contributed by atoms with E-state index in [1.165, 1.54) is 19.3 Å². The summed E-state index contributed by atoms with van der Waals surface area (Å²) in [5.74, 6) is 0. The Kier molecular flexibility index (Phi) is 0.963. The van der Waals surface area contributed by atoms with Gasteiger partial charge in [0.1, 0.15) is 0 Å². The predicted octanol–water partition coefficient (Wildman–Crippen LogP) is 1.96. The first-order chi connectivity index (χ1) is 4.20. The predicted molar refractivity (Wildman–Crippen MR) is 36.3 cm³/mol. The Morgan fingerprint density at radius 3 is 2.78 bits per heavy atom. The average Bonchev–Trinajstić information content (AvgIpc) is 2.43. The molecule has 1 aliphatic heterocycles. The maximum atomic E-state index is 5.49. The summed E-state index contributed by atoms with van der Waals surface area (Å²) in [6, 6.07) is 0. The second-order valence-corrected chi connectivity index (χ2v) is 3.98. The molecule has 2 fully saturated rings. The van der Waals surface area contributed by atoms with Crippen molar-refractivity contribution in [3.63, 3.8) is 0 Å². The number of hydrogen-bond donors (Lipinski definition) is 0. The van der Waals surface area contributed by atoms with E-state index in [9.17, 15) is 0 Å². The van der Waals surface area contributed by atoms with Crippen LogP contribution < -0.4 is 0 Å². The van der Waals surface area contributed by atoms with Crippen LogP contribution in [0.1, 0.15) is 33.1 Å². The topological polar surface area (TPSA) is 12.5 Å². The molecule has 1 nitrogen and oxygen atoms in total. The van der Waals surface area contributed by atoms with Crippen LogP contribution >= 0.6 is 0 Å². The normalized spacial score (nSPS) is 46.0. The van der Waals surface area contributed by atoms with Crippen LogP contribution in [0, 0.1) is 5.41 Å². The zero-order valence-electron chi connectivity index (χ0n) is 6.18. The molecular formula is C8H14O. The molecule has 0 aromatic rings. The summed E-state index contributed by atoms with van der Waals surface area (Å²) in [4.78, 5) is 0. The van der Waals surface area contributed by atoms with E-state index in [0.29, 0.717) is 17.6 Å². The van der Waals surface area contributed by atoms with Gasteiger partial charge in [-0.2, -0.15) is 0 Å². The minimum Gasteiger partial charge on any atom is -0.369 e. The largest absolute Gasteiger partial charge is 0.369 e. The molecular weight excluding hydrogens is 112 g/mol. The smallest absolute Gasteiger partial charge is 0.0892 e. The van der Waals surface area contributed by atoms with Crippen molar-refractivity contribution in [3.05, 3.63) is 0 Å². The molecule has 0 aromatic carbocycles. The van der Waals surface area contributed by atoms with Crippen molar-refractivity contribution in [2.24, 2.45) is 5.41 Å². The van der Waals surface area contributed by atoms with Gasteiger partial charge in [0.15, 0.2) is 0 Å². The van der Waals surface area contributed by atoms with Gasteiger partial charge in [-0.1, -0.05) is 20.3 Å². The second-order valence-electron chi connectivity index (χ2n) is 3.98. The van der Waals surface area contributed by atoms with E-state index < -0.39 is 0 Å². The molecule has 52 valence electrons. The van der Waals surface area contributed by atoms with Crippen LogP contribution in [0.2, 0.25) is 0 Å². The van der Waals surface area contributed by atoms with E-state index in [1.807, 2.05) is 0 Å². The lowest BCUT2D eigenvalue weighted by Crippen LogP contribution is -2.24. The first-order valence-corrected chi connectivity index (χ1v) is 3.86. The molecule has 0 radical (unpaired) electrons. The van der Waals surface area contributed by atoms with Crippen LogP contribution in [-0.2, 0) is 4.74 Å². The molecule has 1 aliphatic carbocycles. The Labute approximate surface area is 56.4 Å². The number of fused-ring (bicyclic) bond motifs is 1. The highest BCUT2D eigenvalue weighted by atomic mass is 16.6. The fourth-order valence-corrected chi connectivity index (χ4v) is 1.95. The summed E-state index contributed by atoms with van der Waals surface area (Å²) in [6.07, 6.45) is 5.30. The monoisotopic (exact) mass is 126 g/mol. The molecule has 1 heterocycles. The fourth-order valence-electron chi connectivity index (χ4n) is 1.95. The minimum absolute atomic E-state index is 0.489. The van der Waals surface area contributed by atoms with E-state index in [1.54, 1.807) is 0 Å². The van der Waals surface area contributed by atoms with Crippen LogP contribution in [0.3, 0.4) is 0 Å². The van der Waals surface area contributed by atoms with Gasteiger partial charge in [-0.3, -0.25) is 0 Å². The molecule has 0 unspecified atom stereocenters. The third kappa shape index (κ3) is 0.787. The lowest BCUT2D eigenvalue weighted by molar-refractivity contribution is 0.229. The molecule has 2 aliphatic rings. The van der Waals surface area contributed by atoms with Crippen molar-refractivity contribution in [1.29, 1.82) is 0 Å². The zero-order chi connectivity index (χ0) is 6.48. The summed E-state index contributed by atoms with van der Waals surface area (Å²) in [5, 5.41) is 0. The maximum Gasteiger partial charge on any atom is 0.0892 e. The fraction of sp³-hybridized carbons (Fsp3) is 1.00. The minimum atomic E-state index is 0.489. The third-order valence-corrected chi connectivity index (χ3v) is 2.66. The molecule has 0 N–H and O–H groups in total. The molecule has 0 bridgehead atoms. The number of ether oxygens (including phenoxy) is 1. The average molecular weight is 126 g/mol. The van der Waals surface area contributed by atoms with Gasteiger partial charge in [-0.15, -0.1) is 0 Å². The summed E-state index contributed by atoms with van der Waals surface area (Å²) in [5.41, 5.74) is 0.489. The van der Waals surface area contributed by atoms with Gasteiger partial charge in [0.05, 0.1) is 12.2 Å². The van der Waals surface area contributed by atoms with Gasteiger partial charge in [-0.05, 0) is 18.3 Å². The van der Waals surface area contributed by atoms with Crippen molar-refractivity contribution in [3.8, 4) is 0 Å². The van der Waals surface area contributed by atoms with Gasteiger partial charge in [0.25, 0.3) is 0 Å². The molecule has 0 spiro atoms. The van der Waals surface area contributed by atoms with E-state index >= 15 is 0 Å². The van der Waals surface area contributed by atoms with Crippen LogP contribution in [-0.4, -0.2) is 12.2 Å². The SMILES string of the molecule is CC1(C)CCC[C@@H]2O[C@@H]21. The van der Waals surface area contributed by atoms with Gasteiger partial charge >= 0.3 is 0 Å². The van der Waals surface area contributed by atoms with Crippen molar-refractivity contribution in [1.82, 2.24) is 0 Å². The molecule has 0 amide bonds. The Morgan fingerprint density at radius 1 is 1.44 bits per heavy atom. The van der Waals surface area contributed by atoms with E-state index in [-0.39, 0.29) is 0 Å². The Morgan fingerprint density at radius 2 is 2.22 bits per heavy atom. The highest BCUT2D eigenvalue weighted by molar-refractivity contribution is 4.99. The third-order valence-electron chi connectivity index (χ3n) is 2.66. The van der Waals surface area contributed by atoms with Gasteiger partial charge in [0.2, 0.25) is 0 Å². The quantitative estimate of drug-likeness (QED) is 0.452. The summed E-state index contributed by atoms with van der Waals surface area (Å²) in [6.45, 7) is 4.63. The highest BCUT2D eigenvalue weighted by Crippen LogP contribution is 2.48. The lowest BCUT2D eigenvalue weighted by atomic mass is 9.77. The lowest BCUT2D eigenvalue weighted by Gasteiger charge is -2.25. The molecule has 2 rings (SSSR count). The maximum absolute atomic E-state index is 5.49. The van der Waals surface area contributed by atoms with Gasteiger partial charge < -0.3 is 4.74 Å². The number of rotatable bonds is 0. The molecule has 2 atom stereocenters. The first kappa shape index (κ1) is 5.72. The van der Waals surface area contributed by atoms with E-state index in [4.69, 9.17) is 4.74 Å². The van der Waals surface area contributed by atoms with Crippen LogP contribution in [0.25, 0.3) is 0 Å². The van der Waals surface area contributed by atoms with Crippen molar-refractivity contribution in [2.75, 3.05) is 0 Å². The number of hydrogen-bond acceptors (Lipinski definition) is 1. The molecule has 1 saturated carbocycles. The van der Waals surface area contributed by atoms with E-state index in [0.717, 1.165) is 0 Å². The standard InChI is InChI=1S/C8H14O/c1-8(2)5-3-4-6-7(8)9-6/h6-7H,3-5H2,1-2H3/t6-,7-/m0/s1.